The number of hydrogen-bond donors (Lipinski definition) is 1. The first kappa shape index (κ1) is 21.6. The van der Waals surface area contributed by atoms with Gasteiger partial charge in [-0.2, -0.15) is 0 Å². The summed E-state index contributed by atoms with van der Waals surface area (Å²) >= 11 is 0. The van der Waals surface area contributed by atoms with Crippen LogP contribution in [0.1, 0.15) is 47.9 Å². The van der Waals surface area contributed by atoms with Gasteiger partial charge in [0.15, 0.2) is 18.1 Å². The van der Waals surface area contributed by atoms with Crippen LogP contribution in [-0.4, -0.2) is 17.5 Å². The van der Waals surface area contributed by atoms with Crippen LogP contribution in [0.25, 0.3) is 11.1 Å². The second kappa shape index (κ2) is 9.27. The predicted molar refractivity (Wildman–Crippen MR) is 127 cm³/mol. The molecule has 4 rings (SSSR count). The molecule has 0 saturated heterocycles. The number of benzene rings is 3. The Hall–Kier alpha value is -3.60. The third kappa shape index (κ3) is 5.17. The average Bonchev–Trinajstić information content (AvgIpc) is 3.14. The van der Waals surface area contributed by atoms with E-state index in [9.17, 15) is 4.79 Å². The molecule has 0 bridgehead atoms. The lowest BCUT2D eigenvalue weighted by molar-refractivity contribution is -0.118. The summed E-state index contributed by atoms with van der Waals surface area (Å²) in [6.07, 6.45) is 0.594. The van der Waals surface area contributed by atoms with E-state index in [1.165, 1.54) is 0 Å². The largest absolute Gasteiger partial charge is 0.483 e. The smallest absolute Gasteiger partial charge is 0.262 e. The molecule has 0 aliphatic heterocycles. The summed E-state index contributed by atoms with van der Waals surface area (Å²) in [5.41, 5.74) is 6.82. The fourth-order valence-electron chi connectivity index (χ4n) is 3.63. The zero-order chi connectivity index (χ0) is 22.7. The number of aromatic nitrogens is 1. The number of rotatable bonds is 7. The minimum atomic E-state index is -0.191. The van der Waals surface area contributed by atoms with Crippen LogP contribution in [0.2, 0.25) is 0 Å². The first-order valence-electron chi connectivity index (χ1n) is 10.9. The maximum atomic E-state index is 12.4. The van der Waals surface area contributed by atoms with E-state index < -0.39 is 0 Å². The van der Waals surface area contributed by atoms with Gasteiger partial charge in [-0.25, -0.2) is 4.98 Å². The first-order chi connectivity index (χ1) is 15.4. The normalized spacial score (nSPS) is 11.2. The van der Waals surface area contributed by atoms with Gasteiger partial charge in [-0.3, -0.25) is 4.79 Å². The summed E-state index contributed by atoms with van der Waals surface area (Å²) in [4.78, 5) is 17.0. The number of carbonyl (C=O) groups is 1. The van der Waals surface area contributed by atoms with Gasteiger partial charge in [0.05, 0.1) is 0 Å². The van der Waals surface area contributed by atoms with E-state index in [-0.39, 0.29) is 12.5 Å². The summed E-state index contributed by atoms with van der Waals surface area (Å²) in [6.45, 7) is 8.24. The molecule has 1 amide bonds. The van der Waals surface area contributed by atoms with Crippen molar-refractivity contribution in [1.82, 2.24) is 4.98 Å². The van der Waals surface area contributed by atoms with Gasteiger partial charge in [-0.1, -0.05) is 44.2 Å². The molecule has 0 saturated carbocycles. The van der Waals surface area contributed by atoms with Crippen molar-refractivity contribution < 1.29 is 13.9 Å². The van der Waals surface area contributed by atoms with Crippen molar-refractivity contribution >= 4 is 22.7 Å². The van der Waals surface area contributed by atoms with Crippen LogP contribution in [0.15, 0.2) is 65.1 Å². The van der Waals surface area contributed by atoms with Gasteiger partial charge >= 0.3 is 0 Å². The molecule has 0 radical (unpaired) electrons. The number of nitrogens with zero attached hydrogens (tertiary/aromatic N) is 1. The zero-order valence-electron chi connectivity index (χ0n) is 18.9. The number of anilines is 1. The minimum Gasteiger partial charge on any atom is -0.483 e. The first-order valence-corrected chi connectivity index (χ1v) is 10.9. The maximum Gasteiger partial charge on any atom is 0.262 e. The standard InChI is InChI=1S/C27H28N2O3/c1-17(2)22-11-5-19(4)14-25(22)31-16-26(30)28-21-9-7-20(8-10-21)15-27-29-23-13-18(3)6-12-24(23)32-27/h5-14,17H,15-16H2,1-4H3,(H,28,30). The second-order valence-electron chi connectivity index (χ2n) is 8.49. The van der Waals surface area contributed by atoms with Crippen LogP contribution in [0.5, 0.6) is 5.75 Å². The van der Waals surface area contributed by atoms with Gasteiger partial charge < -0.3 is 14.5 Å². The second-order valence-corrected chi connectivity index (χ2v) is 8.49. The Bertz CT molecular complexity index is 1240. The predicted octanol–water partition coefficient (Wildman–Crippen LogP) is 6.18. The van der Waals surface area contributed by atoms with E-state index in [4.69, 9.17) is 9.15 Å². The fraction of sp³-hybridized carbons (Fsp3) is 0.259. The van der Waals surface area contributed by atoms with Crippen molar-refractivity contribution in [2.45, 2.75) is 40.0 Å². The monoisotopic (exact) mass is 428 g/mol. The molecule has 0 unspecified atom stereocenters. The number of oxazole rings is 1. The van der Waals surface area contributed by atoms with Crippen molar-refractivity contribution in [2.75, 3.05) is 11.9 Å². The summed E-state index contributed by atoms with van der Waals surface area (Å²) < 4.78 is 11.7. The molecule has 1 heterocycles. The quantitative estimate of drug-likeness (QED) is 0.382. The van der Waals surface area contributed by atoms with Crippen LogP contribution in [0.3, 0.4) is 0 Å². The van der Waals surface area contributed by atoms with Crippen LogP contribution in [-0.2, 0) is 11.2 Å². The lowest BCUT2D eigenvalue weighted by Crippen LogP contribution is -2.20. The molecule has 1 aromatic heterocycles. The summed E-state index contributed by atoms with van der Waals surface area (Å²) in [7, 11) is 0. The third-order valence-electron chi connectivity index (χ3n) is 5.33. The van der Waals surface area contributed by atoms with Crippen LogP contribution < -0.4 is 10.1 Å². The van der Waals surface area contributed by atoms with Gasteiger partial charge in [0.1, 0.15) is 11.3 Å². The Balaban J connectivity index is 1.35. The number of aryl methyl sites for hydroxylation is 2. The molecule has 0 aliphatic rings. The molecule has 3 aromatic carbocycles. The molecule has 32 heavy (non-hydrogen) atoms. The minimum absolute atomic E-state index is 0.0345. The number of amides is 1. The summed E-state index contributed by atoms with van der Waals surface area (Å²) in [6, 6.07) is 19.8. The Morgan fingerprint density at radius 2 is 1.72 bits per heavy atom. The number of nitrogens with one attached hydrogen (secondary N) is 1. The lowest BCUT2D eigenvalue weighted by atomic mass is 10.0. The van der Waals surface area contributed by atoms with Crippen molar-refractivity contribution in [3.63, 3.8) is 0 Å². The summed E-state index contributed by atoms with van der Waals surface area (Å²) in [5, 5.41) is 2.89. The molecule has 0 fully saturated rings. The molecule has 0 atom stereocenters. The Morgan fingerprint density at radius 1 is 1.00 bits per heavy atom. The molecule has 5 nitrogen and oxygen atoms in total. The van der Waals surface area contributed by atoms with E-state index in [1.54, 1.807) is 0 Å². The highest BCUT2D eigenvalue weighted by atomic mass is 16.5. The van der Waals surface area contributed by atoms with E-state index in [0.717, 1.165) is 44.8 Å². The highest BCUT2D eigenvalue weighted by Gasteiger charge is 2.11. The van der Waals surface area contributed by atoms with Crippen molar-refractivity contribution in [1.29, 1.82) is 0 Å². The highest BCUT2D eigenvalue weighted by molar-refractivity contribution is 5.91. The van der Waals surface area contributed by atoms with E-state index in [2.05, 4.69) is 36.3 Å². The maximum absolute atomic E-state index is 12.4. The zero-order valence-corrected chi connectivity index (χ0v) is 18.9. The molecular weight excluding hydrogens is 400 g/mol. The molecule has 5 heteroatoms. The van der Waals surface area contributed by atoms with Gasteiger partial charge in [0.25, 0.3) is 5.91 Å². The van der Waals surface area contributed by atoms with Crippen LogP contribution in [0.4, 0.5) is 5.69 Å². The Kier molecular flexibility index (Phi) is 6.26. The van der Waals surface area contributed by atoms with Gasteiger partial charge in [0.2, 0.25) is 0 Å². The van der Waals surface area contributed by atoms with Crippen LogP contribution >= 0.6 is 0 Å². The topological polar surface area (TPSA) is 64.4 Å². The van der Waals surface area contributed by atoms with E-state index in [1.807, 2.05) is 62.4 Å². The van der Waals surface area contributed by atoms with Crippen molar-refractivity contribution in [3.8, 4) is 5.75 Å². The number of carbonyl (C=O) groups excluding carboxylic acids is 1. The van der Waals surface area contributed by atoms with Crippen molar-refractivity contribution in [3.05, 3.63) is 88.8 Å². The molecule has 164 valence electrons. The molecular formula is C27H28N2O3. The Labute approximate surface area is 188 Å². The molecule has 0 spiro atoms. The number of ether oxygens (including phenoxy) is 1. The molecule has 0 aliphatic carbocycles. The van der Waals surface area contributed by atoms with Gasteiger partial charge in [0, 0.05) is 12.1 Å². The van der Waals surface area contributed by atoms with Gasteiger partial charge in [-0.05, 0) is 72.4 Å². The van der Waals surface area contributed by atoms with E-state index in [0.29, 0.717) is 18.2 Å². The molecule has 4 aromatic rings. The number of hydrogen-bond acceptors (Lipinski definition) is 4. The van der Waals surface area contributed by atoms with Crippen LogP contribution in [0, 0.1) is 13.8 Å². The third-order valence-corrected chi connectivity index (χ3v) is 5.33. The lowest BCUT2D eigenvalue weighted by Gasteiger charge is -2.15. The summed E-state index contributed by atoms with van der Waals surface area (Å²) in [5.74, 6) is 1.57. The van der Waals surface area contributed by atoms with E-state index >= 15 is 0 Å². The fourth-order valence-corrected chi connectivity index (χ4v) is 3.63. The average molecular weight is 429 g/mol. The highest BCUT2D eigenvalue weighted by Crippen LogP contribution is 2.27. The number of fused-ring (bicyclic) bond motifs is 1. The molecule has 1 N–H and O–H groups in total. The van der Waals surface area contributed by atoms with Gasteiger partial charge in [-0.15, -0.1) is 0 Å². The SMILES string of the molecule is Cc1ccc(C(C)C)c(OCC(=O)Nc2ccc(Cc3nc4cc(C)ccc4o3)cc2)c1. The Morgan fingerprint density at radius 3 is 2.47 bits per heavy atom. The van der Waals surface area contributed by atoms with Crippen molar-refractivity contribution in [2.24, 2.45) is 0 Å².